The van der Waals surface area contributed by atoms with E-state index >= 15 is 0 Å². The van der Waals surface area contributed by atoms with Crippen LogP contribution in [0.15, 0.2) is 27.6 Å². The third-order valence-electron chi connectivity index (χ3n) is 3.21. The van der Waals surface area contributed by atoms with Crippen LogP contribution in [0.4, 0.5) is 0 Å². The summed E-state index contributed by atoms with van der Waals surface area (Å²) in [4.78, 5) is 0.180. The predicted molar refractivity (Wildman–Crippen MR) is 84.6 cm³/mol. The number of nitrogens with one attached hydrogen (secondary N) is 1. The lowest BCUT2D eigenvalue weighted by Gasteiger charge is -2.15. The fraction of sp³-hybridized carbons (Fsp3) is 0.571. The van der Waals surface area contributed by atoms with Crippen molar-refractivity contribution in [2.75, 3.05) is 13.2 Å². The molecular weight excluding hydrogens is 342 g/mol. The zero-order chi connectivity index (χ0) is 15.2. The SMILES string of the molecule is CCOc1ccc(Br)cc1S(=O)(=O)NCC(CC)CC. The van der Waals surface area contributed by atoms with E-state index in [0.717, 1.165) is 12.8 Å². The lowest BCUT2D eigenvalue weighted by atomic mass is 10.0. The van der Waals surface area contributed by atoms with E-state index in [0.29, 0.717) is 29.3 Å². The topological polar surface area (TPSA) is 55.4 Å². The Morgan fingerprint density at radius 1 is 1.25 bits per heavy atom. The van der Waals surface area contributed by atoms with Crippen molar-refractivity contribution in [1.82, 2.24) is 4.72 Å². The molecule has 0 aliphatic rings. The maximum atomic E-state index is 12.4. The number of hydrogen-bond acceptors (Lipinski definition) is 3. The molecule has 1 N–H and O–H groups in total. The number of hydrogen-bond donors (Lipinski definition) is 1. The minimum atomic E-state index is -3.56. The first-order valence-electron chi connectivity index (χ1n) is 6.86. The van der Waals surface area contributed by atoms with Gasteiger partial charge in [-0.3, -0.25) is 0 Å². The first kappa shape index (κ1) is 17.5. The number of rotatable bonds is 8. The Morgan fingerprint density at radius 2 is 1.90 bits per heavy atom. The summed E-state index contributed by atoms with van der Waals surface area (Å²) in [6.07, 6.45) is 1.91. The minimum Gasteiger partial charge on any atom is -0.492 e. The Bertz CT molecular complexity index is 527. The molecular formula is C14H22BrNO3S. The number of benzene rings is 1. The molecule has 0 saturated heterocycles. The van der Waals surface area contributed by atoms with Crippen molar-refractivity contribution in [3.8, 4) is 5.75 Å². The molecule has 1 aromatic rings. The van der Waals surface area contributed by atoms with Gasteiger partial charge in [-0.2, -0.15) is 0 Å². The summed E-state index contributed by atoms with van der Waals surface area (Å²) in [7, 11) is -3.56. The summed E-state index contributed by atoms with van der Waals surface area (Å²) in [5.41, 5.74) is 0. The molecule has 0 saturated carbocycles. The molecule has 0 heterocycles. The lowest BCUT2D eigenvalue weighted by molar-refractivity contribution is 0.330. The van der Waals surface area contributed by atoms with Crippen LogP contribution in [0, 0.1) is 5.92 Å². The van der Waals surface area contributed by atoms with Gasteiger partial charge in [0.05, 0.1) is 6.61 Å². The number of ether oxygens (including phenoxy) is 1. The fourth-order valence-corrected chi connectivity index (χ4v) is 3.65. The van der Waals surface area contributed by atoms with E-state index in [9.17, 15) is 8.42 Å². The summed E-state index contributed by atoms with van der Waals surface area (Å²) in [6, 6.07) is 5.00. The molecule has 0 radical (unpaired) electrons. The molecule has 0 amide bonds. The van der Waals surface area contributed by atoms with Gasteiger partial charge in [-0.15, -0.1) is 0 Å². The van der Waals surface area contributed by atoms with Crippen molar-refractivity contribution in [1.29, 1.82) is 0 Å². The second-order valence-electron chi connectivity index (χ2n) is 4.56. The Hall–Kier alpha value is -0.590. The Labute approximate surface area is 130 Å². The van der Waals surface area contributed by atoms with Crippen molar-refractivity contribution >= 4 is 26.0 Å². The van der Waals surface area contributed by atoms with E-state index in [4.69, 9.17) is 4.74 Å². The van der Waals surface area contributed by atoms with Crippen molar-refractivity contribution in [3.63, 3.8) is 0 Å². The van der Waals surface area contributed by atoms with Crippen molar-refractivity contribution in [3.05, 3.63) is 22.7 Å². The average molecular weight is 364 g/mol. The van der Waals surface area contributed by atoms with E-state index in [1.165, 1.54) is 0 Å². The number of sulfonamides is 1. The first-order chi connectivity index (χ1) is 9.44. The standard InChI is InChI=1S/C14H22BrNO3S/c1-4-11(5-2)10-16-20(17,18)14-9-12(15)7-8-13(14)19-6-3/h7-9,11,16H,4-6,10H2,1-3H3. The van der Waals surface area contributed by atoms with Crippen LogP contribution in [0.1, 0.15) is 33.6 Å². The molecule has 0 aromatic heterocycles. The molecule has 20 heavy (non-hydrogen) atoms. The molecule has 0 spiro atoms. The van der Waals surface area contributed by atoms with Gasteiger partial charge in [-0.05, 0) is 31.0 Å². The highest BCUT2D eigenvalue weighted by atomic mass is 79.9. The molecule has 0 bridgehead atoms. The molecule has 1 aromatic carbocycles. The van der Waals surface area contributed by atoms with Crippen LogP contribution in [-0.4, -0.2) is 21.6 Å². The smallest absolute Gasteiger partial charge is 0.244 e. The van der Waals surface area contributed by atoms with Gasteiger partial charge in [-0.25, -0.2) is 13.1 Å². The lowest BCUT2D eigenvalue weighted by Crippen LogP contribution is -2.29. The molecule has 4 nitrogen and oxygen atoms in total. The maximum Gasteiger partial charge on any atom is 0.244 e. The van der Waals surface area contributed by atoms with Gasteiger partial charge in [0.1, 0.15) is 10.6 Å². The predicted octanol–water partition coefficient (Wildman–Crippen LogP) is 3.56. The van der Waals surface area contributed by atoms with Gasteiger partial charge in [0.25, 0.3) is 0 Å². The Balaban J connectivity index is 2.99. The molecule has 0 aliphatic heterocycles. The monoisotopic (exact) mass is 363 g/mol. The molecule has 114 valence electrons. The van der Waals surface area contributed by atoms with E-state index in [-0.39, 0.29) is 4.90 Å². The Morgan fingerprint density at radius 3 is 2.45 bits per heavy atom. The van der Waals surface area contributed by atoms with Crippen molar-refractivity contribution in [2.24, 2.45) is 5.92 Å². The third-order valence-corrected chi connectivity index (χ3v) is 5.15. The second kappa shape index (κ2) is 8.00. The van der Waals surface area contributed by atoms with Gasteiger partial charge in [0.15, 0.2) is 0 Å². The summed E-state index contributed by atoms with van der Waals surface area (Å²) < 4.78 is 33.6. The largest absolute Gasteiger partial charge is 0.492 e. The van der Waals surface area contributed by atoms with Crippen LogP contribution in [0.25, 0.3) is 0 Å². The molecule has 0 atom stereocenters. The van der Waals surface area contributed by atoms with Crippen molar-refractivity contribution < 1.29 is 13.2 Å². The molecule has 6 heteroatoms. The van der Waals surface area contributed by atoms with Gasteiger partial charge in [0, 0.05) is 11.0 Å². The van der Waals surface area contributed by atoms with Crippen LogP contribution in [0.5, 0.6) is 5.75 Å². The summed E-state index contributed by atoms with van der Waals surface area (Å²) in [5, 5.41) is 0. The van der Waals surface area contributed by atoms with Crippen LogP contribution in [-0.2, 0) is 10.0 Å². The van der Waals surface area contributed by atoms with Crippen LogP contribution in [0.2, 0.25) is 0 Å². The van der Waals surface area contributed by atoms with Gasteiger partial charge in [-0.1, -0.05) is 42.6 Å². The molecule has 0 aliphatic carbocycles. The summed E-state index contributed by atoms with van der Waals surface area (Å²) in [6.45, 7) is 6.83. The third kappa shape index (κ3) is 4.75. The van der Waals surface area contributed by atoms with Gasteiger partial charge >= 0.3 is 0 Å². The van der Waals surface area contributed by atoms with Gasteiger partial charge in [0.2, 0.25) is 10.0 Å². The van der Waals surface area contributed by atoms with E-state index < -0.39 is 10.0 Å². The normalized spacial score (nSPS) is 11.8. The molecule has 1 rings (SSSR count). The van der Waals surface area contributed by atoms with Crippen LogP contribution < -0.4 is 9.46 Å². The average Bonchev–Trinajstić information content (AvgIpc) is 2.42. The second-order valence-corrected chi connectivity index (χ2v) is 7.21. The minimum absolute atomic E-state index is 0.180. The van der Waals surface area contributed by atoms with Crippen molar-refractivity contribution in [2.45, 2.75) is 38.5 Å². The zero-order valence-corrected chi connectivity index (χ0v) is 14.6. The van der Waals surface area contributed by atoms with E-state index in [1.54, 1.807) is 18.2 Å². The van der Waals surface area contributed by atoms with Crippen LogP contribution in [0.3, 0.4) is 0 Å². The summed E-state index contributed by atoms with van der Waals surface area (Å²) >= 11 is 3.30. The van der Waals surface area contributed by atoms with Crippen LogP contribution >= 0.6 is 15.9 Å². The van der Waals surface area contributed by atoms with Gasteiger partial charge < -0.3 is 4.74 Å². The maximum absolute atomic E-state index is 12.4. The zero-order valence-electron chi connectivity index (χ0n) is 12.1. The fourth-order valence-electron chi connectivity index (χ4n) is 1.85. The highest BCUT2D eigenvalue weighted by Crippen LogP contribution is 2.27. The quantitative estimate of drug-likeness (QED) is 0.767. The first-order valence-corrected chi connectivity index (χ1v) is 9.14. The number of halogens is 1. The summed E-state index contributed by atoms with van der Waals surface area (Å²) in [5.74, 6) is 0.736. The Kier molecular flexibility index (Phi) is 6.99. The highest BCUT2D eigenvalue weighted by Gasteiger charge is 2.21. The molecule has 0 unspecified atom stereocenters. The highest BCUT2D eigenvalue weighted by molar-refractivity contribution is 9.10. The van der Waals surface area contributed by atoms with E-state index in [2.05, 4.69) is 34.5 Å². The molecule has 0 fully saturated rings. The van der Waals surface area contributed by atoms with E-state index in [1.807, 2.05) is 6.92 Å².